The van der Waals surface area contributed by atoms with Crippen molar-refractivity contribution < 1.29 is 14.5 Å². The SMILES string of the molecule is O=C(COc1cc(Cl)c(Cl)cc1Cl)NN=Cc1cccc([N+](=O)[O-])c1. The molecule has 0 radical (unpaired) electrons. The zero-order valence-corrected chi connectivity index (χ0v) is 14.7. The first-order chi connectivity index (χ1) is 11.9. The van der Waals surface area contributed by atoms with Gasteiger partial charge in [-0.05, 0) is 6.07 Å². The highest BCUT2D eigenvalue weighted by molar-refractivity contribution is 6.43. The number of hydrazone groups is 1. The van der Waals surface area contributed by atoms with Gasteiger partial charge in [0.2, 0.25) is 0 Å². The molecule has 0 aliphatic rings. The molecule has 0 aliphatic heterocycles. The minimum absolute atomic E-state index is 0.0760. The molecule has 0 aliphatic carbocycles. The van der Waals surface area contributed by atoms with E-state index in [1.807, 2.05) is 0 Å². The number of amides is 1. The van der Waals surface area contributed by atoms with E-state index in [2.05, 4.69) is 10.5 Å². The lowest BCUT2D eigenvalue weighted by atomic mass is 10.2. The van der Waals surface area contributed by atoms with E-state index in [0.29, 0.717) is 5.56 Å². The molecule has 0 saturated carbocycles. The van der Waals surface area contributed by atoms with Gasteiger partial charge in [-0.2, -0.15) is 5.10 Å². The number of non-ortho nitro benzene ring substituents is 1. The van der Waals surface area contributed by atoms with Crippen molar-refractivity contribution >= 4 is 52.6 Å². The molecular weight excluding hydrogens is 393 g/mol. The summed E-state index contributed by atoms with van der Waals surface area (Å²) >= 11 is 17.6. The third-order valence-corrected chi connectivity index (χ3v) is 3.83. The van der Waals surface area contributed by atoms with Gasteiger partial charge in [0.1, 0.15) is 5.75 Å². The van der Waals surface area contributed by atoms with Crippen molar-refractivity contribution in [3.05, 3.63) is 67.1 Å². The third-order valence-electron chi connectivity index (χ3n) is 2.82. The first-order valence-corrected chi connectivity index (χ1v) is 7.84. The van der Waals surface area contributed by atoms with E-state index in [-0.39, 0.29) is 33.1 Å². The highest BCUT2D eigenvalue weighted by Gasteiger charge is 2.09. The van der Waals surface area contributed by atoms with Crippen LogP contribution in [0.25, 0.3) is 0 Å². The van der Waals surface area contributed by atoms with E-state index in [1.54, 1.807) is 6.07 Å². The van der Waals surface area contributed by atoms with Crippen LogP contribution in [0.3, 0.4) is 0 Å². The molecule has 0 aromatic heterocycles. The first-order valence-electron chi connectivity index (χ1n) is 6.70. The van der Waals surface area contributed by atoms with Crippen LogP contribution in [0, 0.1) is 10.1 Å². The number of nitrogens with zero attached hydrogens (tertiary/aromatic N) is 2. The van der Waals surface area contributed by atoms with Crippen molar-refractivity contribution in [1.82, 2.24) is 5.43 Å². The molecule has 130 valence electrons. The third kappa shape index (κ3) is 5.60. The van der Waals surface area contributed by atoms with Gasteiger partial charge in [0, 0.05) is 23.8 Å². The number of nitro groups is 1. The second kappa shape index (κ2) is 8.66. The fraction of sp³-hybridized carbons (Fsp3) is 0.0667. The Balaban J connectivity index is 1.90. The van der Waals surface area contributed by atoms with E-state index in [1.165, 1.54) is 36.5 Å². The number of rotatable bonds is 6. The zero-order valence-electron chi connectivity index (χ0n) is 12.4. The summed E-state index contributed by atoms with van der Waals surface area (Å²) in [6, 6.07) is 8.59. The summed E-state index contributed by atoms with van der Waals surface area (Å²) in [7, 11) is 0. The number of carbonyl (C=O) groups is 1. The summed E-state index contributed by atoms with van der Waals surface area (Å²) in [5.41, 5.74) is 2.61. The van der Waals surface area contributed by atoms with Crippen molar-refractivity contribution in [3.63, 3.8) is 0 Å². The van der Waals surface area contributed by atoms with Gasteiger partial charge in [-0.1, -0.05) is 46.9 Å². The molecule has 2 aromatic rings. The van der Waals surface area contributed by atoms with E-state index in [9.17, 15) is 14.9 Å². The molecule has 2 aromatic carbocycles. The van der Waals surface area contributed by atoms with Crippen molar-refractivity contribution in [1.29, 1.82) is 0 Å². The molecule has 1 amide bonds. The maximum absolute atomic E-state index is 11.7. The van der Waals surface area contributed by atoms with Crippen LogP contribution in [0.4, 0.5) is 5.69 Å². The molecule has 2 rings (SSSR count). The van der Waals surface area contributed by atoms with Crippen LogP contribution in [-0.2, 0) is 4.79 Å². The molecule has 0 atom stereocenters. The minimum Gasteiger partial charge on any atom is -0.482 e. The Morgan fingerprint density at radius 1 is 1.20 bits per heavy atom. The maximum Gasteiger partial charge on any atom is 0.277 e. The summed E-state index contributed by atoms with van der Waals surface area (Å²) in [6.45, 7) is -0.357. The maximum atomic E-state index is 11.7. The molecule has 0 bridgehead atoms. The van der Waals surface area contributed by atoms with Gasteiger partial charge in [0.15, 0.2) is 6.61 Å². The fourth-order valence-electron chi connectivity index (χ4n) is 1.69. The second-order valence-electron chi connectivity index (χ2n) is 4.63. The molecule has 0 unspecified atom stereocenters. The van der Waals surface area contributed by atoms with Crippen LogP contribution in [-0.4, -0.2) is 23.7 Å². The number of nitro benzene ring substituents is 1. The summed E-state index contributed by atoms with van der Waals surface area (Å²) in [6.07, 6.45) is 1.27. The monoisotopic (exact) mass is 401 g/mol. The van der Waals surface area contributed by atoms with E-state index in [0.717, 1.165) is 0 Å². The Kier molecular flexibility index (Phi) is 6.58. The van der Waals surface area contributed by atoms with Crippen LogP contribution in [0.5, 0.6) is 5.75 Å². The van der Waals surface area contributed by atoms with Gasteiger partial charge < -0.3 is 4.74 Å². The predicted octanol–water partition coefficient (Wildman–Crippen LogP) is 4.08. The van der Waals surface area contributed by atoms with E-state index >= 15 is 0 Å². The van der Waals surface area contributed by atoms with Crippen LogP contribution < -0.4 is 10.2 Å². The Bertz CT molecular complexity index is 843. The number of halogens is 3. The van der Waals surface area contributed by atoms with E-state index < -0.39 is 10.8 Å². The second-order valence-corrected chi connectivity index (χ2v) is 5.85. The van der Waals surface area contributed by atoms with Crippen molar-refractivity contribution in [2.45, 2.75) is 0 Å². The van der Waals surface area contributed by atoms with Gasteiger partial charge in [-0.25, -0.2) is 5.43 Å². The normalized spacial score (nSPS) is 10.7. The highest BCUT2D eigenvalue weighted by atomic mass is 35.5. The summed E-state index contributed by atoms with van der Waals surface area (Å²) in [4.78, 5) is 21.8. The first kappa shape index (κ1) is 19.0. The largest absolute Gasteiger partial charge is 0.482 e. The number of hydrogen-bond donors (Lipinski definition) is 1. The molecule has 0 spiro atoms. The molecule has 7 nitrogen and oxygen atoms in total. The molecule has 25 heavy (non-hydrogen) atoms. The highest BCUT2D eigenvalue weighted by Crippen LogP contribution is 2.33. The molecule has 0 fully saturated rings. The smallest absolute Gasteiger partial charge is 0.277 e. The average molecular weight is 403 g/mol. The van der Waals surface area contributed by atoms with Crippen molar-refractivity contribution in [3.8, 4) is 5.75 Å². The van der Waals surface area contributed by atoms with Crippen molar-refractivity contribution in [2.24, 2.45) is 5.10 Å². The van der Waals surface area contributed by atoms with Crippen LogP contribution >= 0.6 is 34.8 Å². The lowest BCUT2D eigenvalue weighted by molar-refractivity contribution is -0.384. The number of ether oxygens (including phenoxy) is 1. The molecule has 0 saturated heterocycles. The standard InChI is InChI=1S/C15H10Cl3N3O4/c16-11-5-13(18)14(6-12(11)17)25-8-15(22)20-19-7-9-2-1-3-10(4-9)21(23)24/h1-7H,8H2,(H,20,22). The van der Waals surface area contributed by atoms with E-state index in [4.69, 9.17) is 39.5 Å². The van der Waals surface area contributed by atoms with Crippen molar-refractivity contribution in [2.75, 3.05) is 6.61 Å². The fourth-order valence-corrected chi connectivity index (χ4v) is 2.28. The van der Waals surface area contributed by atoms with Crippen LogP contribution in [0.1, 0.15) is 5.56 Å². The Morgan fingerprint density at radius 3 is 2.64 bits per heavy atom. The number of hydrogen-bond acceptors (Lipinski definition) is 5. The average Bonchev–Trinajstić information content (AvgIpc) is 2.57. The summed E-state index contributed by atoms with van der Waals surface area (Å²) < 4.78 is 5.24. The van der Waals surface area contributed by atoms with Gasteiger partial charge in [0.25, 0.3) is 11.6 Å². The van der Waals surface area contributed by atoms with Gasteiger partial charge >= 0.3 is 0 Å². The minimum atomic E-state index is -0.552. The van der Waals surface area contributed by atoms with Gasteiger partial charge in [0.05, 0.1) is 26.2 Å². The lowest BCUT2D eigenvalue weighted by Crippen LogP contribution is -2.24. The summed E-state index contributed by atoms with van der Waals surface area (Å²) in [5, 5.41) is 15.1. The predicted molar refractivity (Wildman–Crippen MR) is 95.8 cm³/mol. The molecule has 10 heteroatoms. The Hall–Kier alpha value is -2.35. The van der Waals surface area contributed by atoms with Gasteiger partial charge in [-0.15, -0.1) is 0 Å². The summed E-state index contributed by atoms with van der Waals surface area (Å²) in [5.74, 6) is -0.349. The van der Waals surface area contributed by atoms with Crippen LogP contribution in [0.15, 0.2) is 41.5 Å². The zero-order chi connectivity index (χ0) is 18.4. The molecule has 1 N–H and O–H groups in total. The number of nitrogens with one attached hydrogen (secondary N) is 1. The lowest BCUT2D eigenvalue weighted by Gasteiger charge is -2.08. The quantitative estimate of drug-likeness (QED) is 0.341. The number of benzene rings is 2. The molecular formula is C15H10Cl3N3O4. The Labute approximate surface area is 157 Å². The van der Waals surface area contributed by atoms with Crippen LogP contribution in [0.2, 0.25) is 15.1 Å². The molecule has 0 heterocycles. The topological polar surface area (TPSA) is 93.8 Å². The van der Waals surface area contributed by atoms with Gasteiger partial charge in [-0.3, -0.25) is 14.9 Å². The Morgan fingerprint density at radius 2 is 1.92 bits per heavy atom. The number of carbonyl (C=O) groups excluding carboxylic acids is 1.